The fourth-order valence-corrected chi connectivity index (χ4v) is 3.91. The summed E-state index contributed by atoms with van der Waals surface area (Å²) in [4.78, 5) is 18.5. The lowest BCUT2D eigenvalue weighted by Gasteiger charge is -2.35. The number of anilines is 1. The molecule has 2 aliphatic rings. The van der Waals surface area contributed by atoms with Gasteiger partial charge in [0.15, 0.2) is 0 Å². The molecule has 0 N–H and O–H groups in total. The van der Waals surface area contributed by atoms with Gasteiger partial charge < -0.3 is 9.80 Å². The van der Waals surface area contributed by atoms with Crippen molar-refractivity contribution in [3.63, 3.8) is 0 Å². The fraction of sp³-hybridized carbons (Fsp3) is 0.524. The van der Waals surface area contributed by atoms with Crippen LogP contribution >= 0.6 is 0 Å². The van der Waals surface area contributed by atoms with Crippen LogP contribution in [0.25, 0.3) is 0 Å². The Morgan fingerprint density at radius 3 is 1.89 bits per heavy atom. The van der Waals surface area contributed by atoms with Crippen LogP contribution in [0.15, 0.2) is 42.7 Å². The molecular formula is C21H30N6. The van der Waals surface area contributed by atoms with Crippen molar-refractivity contribution >= 4 is 5.95 Å². The summed E-state index contributed by atoms with van der Waals surface area (Å²) in [6, 6.07) is 11.0. The molecule has 27 heavy (non-hydrogen) atoms. The van der Waals surface area contributed by atoms with Crippen LogP contribution in [-0.4, -0.2) is 84.1 Å². The summed E-state index contributed by atoms with van der Waals surface area (Å²) in [6.45, 7) is 10.9. The molecule has 0 unspecified atom stereocenters. The molecule has 6 heteroatoms. The Hall–Kier alpha value is -2.02. The lowest BCUT2D eigenvalue weighted by molar-refractivity contribution is 0.148. The molecule has 0 amide bonds. The fourth-order valence-electron chi connectivity index (χ4n) is 3.91. The second-order valence-corrected chi connectivity index (χ2v) is 7.71. The van der Waals surface area contributed by atoms with Crippen LogP contribution in [-0.2, 0) is 13.1 Å². The number of hydrogen-bond donors (Lipinski definition) is 0. The molecule has 2 fully saturated rings. The summed E-state index contributed by atoms with van der Waals surface area (Å²) in [7, 11) is 2.21. The number of aromatic nitrogens is 2. The molecule has 144 valence electrons. The summed E-state index contributed by atoms with van der Waals surface area (Å²) >= 11 is 0. The van der Waals surface area contributed by atoms with Crippen molar-refractivity contribution in [2.24, 2.45) is 0 Å². The zero-order chi connectivity index (χ0) is 18.5. The molecule has 1 aromatic heterocycles. The summed E-state index contributed by atoms with van der Waals surface area (Å²) in [5, 5.41) is 0. The SMILES string of the molecule is CN1CCN(Cc2cccc(CN3CCN(c4ncccn4)CC3)c2)CC1. The maximum atomic E-state index is 4.37. The highest BCUT2D eigenvalue weighted by Crippen LogP contribution is 2.15. The molecule has 2 aliphatic heterocycles. The van der Waals surface area contributed by atoms with Crippen LogP contribution in [0.3, 0.4) is 0 Å². The maximum Gasteiger partial charge on any atom is 0.225 e. The lowest BCUT2D eigenvalue weighted by atomic mass is 10.1. The molecule has 0 bridgehead atoms. The maximum absolute atomic E-state index is 4.37. The highest BCUT2D eigenvalue weighted by molar-refractivity contribution is 5.29. The van der Waals surface area contributed by atoms with Crippen LogP contribution in [0.2, 0.25) is 0 Å². The number of piperazine rings is 2. The molecule has 0 saturated carbocycles. The van der Waals surface area contributed by atoms with E-state index in [4.69, 9.17) is 0 Å². The first kappa shape index (κ1) is 18.3. The highest BCUT2D eigenvalue weighted by atomic mass is 15.3. The highest BCUT2D eigenvalue weighted by Gasteiger charge is 2.19. The van der Waals surface area contributed by atoms with Gasteiger partial charge in [0.25, 0.3) is 0 Å². The second kappa shape index (κ2) is 8.78. The number of likely N-dealkylation sites (N-methyl/N-ethyl adjacent to an activating group) is 1. The molecule has 0 aliphatic carbocycles. The van der Waals surface area contributed by atoms with Gasteiger partial charge in [0.05, 0.1) is 0 Å². The molecule has 6 nitrogen and oxygen atoms in total. The topological polar surface area (TPSA) is 38.7 Å². The summed E-state index contributed by atoms with van der Waals surface area (Å²) in [6.07, 6.45) is 3.64. The third-order valence-corrected chi connectivity index (χ3v) is 5.61. The van der Waals surface area contributed by atoms with E-state index in [-0.39, 0.29) is 0 Å². The smallest absolute Gasteiger partial charge is 0.225 e. The standard InChI is InChI=1S/C21H30N6/c1-24-8-10-25(11-9-24)17-19-4-2-5-20(16-19)18-26-12-14-27(15-13-26)21-22-6-3-7-23-21/h2-7,16H,8-15,17-18H2,1H3. The van der Waals surface area contributed by atoms with Gasteiger partial charge in [-0.2, -0.15) is 0 Å². The minimum atomic E-state index is 0.853. The van der Waals surface area contributed by atoms with Gasteiger partial charge in [-0.25, -0.2) is 9.97 Å². The van der Waals surface area contributed by atoms with Crippen molar-refractivity contribution in [1.82, 2.24) is 24.7 Å². The van der Waals surface area contributed by atoms with Crippen LogP contribution in [0, 0.1) is 0 Å². The normalized spacial score (nSPS) is 20.1. The molecule has 0 spiro atoms. The Morgan fingerprint density at radius 2 is 1.30 bits per heavy atom. The number of nitrogens with zero attached hydrogens (tertiary/aromatic N) is 6. The second-order valence-electron chi connectivity index (χ2n) is 7.71. The Bertz CT molecular complexity index is 706. The molecule has 3 heterocycles. The van der Waals surface area contributed by atoms with Crippen molar-refractivity contribution in [3.8, 4) is 0 Å². The third kappa shape index (κ3) is 5.03. The van der Waals surface area contributed by atoms with E-state index >= 15 is 0 Å². The molecule has 0 radical (unpaired) electrons. The average molecular weight is 367 g/mol. The van der Waals surface area contributed by atoms with Crippen molar-refractivity contribution in [3.05, 3.63) is 53.9 Å². The largest absolute Gasteiger partial charge is 0.338 e. The van der Waals surface area contributed by atoms with Gasteiger partial charge in [-0.1, -0.05) is 24.3 Å². The number of benzene rings is 1. The predicted octanol–water partition coefficient (Wildman–Crippen LogP) is 1.55. The molecule has 1 aromatic carbocycles. The molecule has 4 rings (SSSR count). The van der Waals surface area contributed by atoms with E-state index in [0.29, 0.717) is 0 Å². The van der Waals surface area contributed by atoms with Gasteiger partial charge in [-0.05, 0) is 24.2 Å². The van der Waals surface area contributed by atoms with Gasteiger partial charge in [-0.15, -0.1) is 0 Å². The first-order valence-corrected chi connectivity index (χ1v) is 9.99. The quantitative estimate of drug-likeness (QED) is 0.799. The van der Waals surface area contributed by atoms with Gasteiger partial charge in [-0.3, -0.25) is 9.80 Å². The molecule has 0 atom stereocenters. The Morgan fingerprint density at radius 1 is 0.741 bits per heavy atom. The first-order valence-electron chi connectivity index (χ1n) is 9.99. The van der Waals surface area contributed by atoms with E-state index < -0.39 is 0 Å². The van der Waals surface area contributed by atoms with Crippen LogP contribution in [0.4, 0.5) is 5.95 Å². The first-order chi connectivity index (χ1) is 13.3. The molecular weight excluding hydrogens is 336 g/mol. The zero-order valence-corrected chi connectivity index (χ0v) is 16.3. The Labute approximate surface area is 162 Å². The summed E-state index contributed by atoms with van der Waals surface area (Å²) < 4.78 is 0. The van der Waals surface area contributed by atoms with E-state index in [1.165, 1.54) is 37.3 Å². The van der Waals surface area contributed by atoms with Crippen molar-refractivity contribution < 1.29 is 0 Å². The van der Waals surface area contributed by atoms with Crippen molar-refractivity contribution in [1.29, 1.82) is 0 Å². The van der Waals surface area contributed by atoms with Gasteiger partial charge in [0, 0.05) is 77.8 Å². The van der Waals surface area contributed by atoms with E-state index in [1.807, 2.05) is 18.5 Å². The van der Waals surface area contributed by atoms with Gasteiger partial charge in [0.1, 0.15) is 0 Å². The number of hydrogen-bond acceptors (Lipinski definition) is 6. The monoisotopic (exact) mass is 366 g/mol. The van der Waals surface area contributed by atoms with Crippen LogP contribution in [0.5, 0.6) is 0 Å². The lowest BCUT2D eigenvalue weighted by Crippen LogP contribution is -2.46. The summed E-state index contributed by atoms with van der Waals surface area (Å²) in [5.41, 5.74) is 2.86. The van der Waals surface area contributed by atoms with E-state index in [2.05, 4.69) is 60.9 Å². The van der Waals surface area contributed by atoms with Crippen molar-refractivity contribution in [2.45, 2.75) is 13.1 Å². The minimum absolute atomic E-state index is 0.853. The molecule has 2 aromatic rings. The predicted molar refractivity (Wildman–Crippen MR) is 109 cm³/mol. The third-order valence-electron chi connectivity index (χ3n) is 5.61. The minimum Gasteiger partial charge on any atom is -0.338 e. The molecule has 2 saturated heterocycles. The number of rotatable bonds is 5. The van der Waals surface area contributed by atoms with Crippen molar-refractivity contribution in [2.75, 3.05) is 64.3 Å². The Balaban J connectivity index is 1.29. The van der Waals surface area contributed by atoms with Gasteiger partial charge >= 0.3 is 0 Å². The van der Waals surface area contributed by atoms with Crippen LogP contribution < -0.4 is 4.90 Å². The van der Waals surface area contributed by atoms with E-state index in [0.717, 1.165) is 45.2 Å². The zero-order valence-electron chi connectivity index (χ0n) is 16.3. The van der Waals surface area contributed by atoms with Gasteiger partial charge in [0.2, 0.25) is 5.95 Å². The van der Waals surface area contributed by atoms with E-state index in [9.17, 15) is 0 Å². The van der Waals surface area contributed by atoms with E-state index in [1.54, 1.807) is 0 Å². The van der Waals surface area contributed by atoms with Crippen LogP contribution in [0.1, 0.15) is 11.1 Å². The Kier molecular flexibility index (Phi) is 5.97. The summed E-state index contributed by atoms with van der Waals surface area (Å²) in [5.74, 6) is 0.853. The average Bonchev–Trinajstić information content (AvgIpc) is 2.71.